The summed E-state index contributed by atoms with van der Waals surface area (Å²) in [6.07, 6.45) is -0.650. The molecule has 0 saturated heterocycles. The van der Waals surface area contributed by atoms with E-state index >= 15 is 0 Å². The third-order valence-corrected chi connectivity index (χ3v) is 3.38. The average Bonchev–Trinajstić information content (AvgIpc) is 2.27. The highest BCUT2D eigenvalue weighted by atomic mass is 79.9. The lowest BCUT2D eigenvalue weighted by molar-refractivity contribution is 0.0707. The molecule has 0 aliphatic carbocycles. The van der Waals surface area contributed by atoms with Gasteiger partial charge in [0.2, 0.25) is 0 Å². The Bertz CT molecular complexity index is 444. The normalized spacial score (nSPS) is 13.0. The molecule has 1 rings (SSSR count). The predicted molar refractivity (Wildman–Crippen MR) is 73.9 cm³/mol. The van der Waals surface area contributed by atoms with Gasteiger partial charge in [-0.3, -0.25) is 4.79 Å². The van der Waals surface area contributed by atoms with Crippen molar-refractivity contribution in [2.75, 3.05) is 7.11 Å². The summed E-state index contributed by atoms with van der Waals surface area (Å²) in [7, 11) is 1.51. The van der Waals surface area contributed by atoms with E-state index in [0.29, 0.717) is 11.3 Å². The van der Waals surface area contributed by atoms with Crippen LogP contribution in [0.5, 0.6) is 5.75 Å². The lowest BCUT2D eigenvalue weighted by atomic mass is 9.98. The van der Waals surface area contributed by atoms with Crippen LogP contribution in [0.15, 0.2) is 22.7 Å². The number of nitrogens with one attached hydrogen (secondary N) is 1. The van der Waals surface area contributed by atoms with Crippen LogP contribution in [-0.4, -0.2) is 29.8 Å². The summed E-state index contributed by atoms with van der Waals surface area (Å²) in [5, 5.41) is 12.4. The molecular formula is C13H18BrNO3. The van der Waals surface area contributed by atoms with Crippen LogP contribution >= 0.6 is 15.9 Å². The molecule has 18 heavy (non-hydrogen) atoms. The van der Waals surface area contributed by atoms with Crippen LogP contribution in [0.3, 0.4) is 0 Å². The van der Waals surface area contributed by atoms with Crippen LogP contribution in [0.1, 0.15) is 31.1 Å². The maximum atomic E-state index is 12.1. The van der Waals surface area contributed by atoms with Crippen molar-refractivity contribution in [1.82, 2.24) is 5.32 Å². The molecule has 5 heteroatoms. The highest BCUT2D eigenvalue weighted by Crippen LogP contribution is 2.24. The molecule has 4 nitrogen and oxygen atoms in total. The Morgan fingerprint density at radius 1 is 1.50 bits per heavy atom. The number of hydrogen-bond acceptors (Lipinski definition) is 3. The summed E-state index contributed by atoms with van der Waals surface area (Å²) in [5.74, 6) is 0.216. The Balaban J connectivity index is 2.98. The summed E-state index contributed by atoms with van der Waals surface area (Å²) >= 11 is 3.32. The van der Waals surface area contributed by atoms with Gasteiger partial charge in [0.15, 0.2) is 0 Å². The lowest BCUT2D eigenvalue weighted by Crippen LogP contribution is -2.51. The molecule has 1 amide bonds. The first kappa shape index (κ1) is 15.0. The fourth-order valence-corrected chi connectivity index (χ4v) is 1.66. The topological polar surface area (TPSA) is 58.6 Å². The molecule has 0 aliphatic rings. The highest BCUT2D eigenvalue weighted by Gasteiger charge is 2.27. The van der Waals surface area contributed by atoms with Gasteiger partial charge in [-0.05, 0) is 39.0 Å². The first-order chi connectivity index (χ1) is 8.27. The van der Waals surface area contributed by atoms with Crippen LogP contribution in [0.25, 0.3) is 0 Å². The number of aliphatic hydroxyl groups is 1. The molecule has 0 heterocycles. The third kappa shape index (κ3) is 3.46. The summed E-state index contributed by atoms with van der Waals surface area (Å²) in [6, 6.07) is 5.17. The van der Waals surface area contributed by atoms with E-state index in [1.165, 1.54) is 7.11 Å². The molecular weight excluding hydrogens is 298 g/mol. The third-order valence-electron chi connectivity index (χ3n) is 2.89. The Morgan fingerprint density at radius 2 is 2.11 bits per heavy atom. The Hall–Kier alpha value is -1.07. The van der Waals surface area contributed by atoms with E-state index in [0.717, 1.165) is 4.47 Å². The Kier molecular flexibility index (Phi) is 4.76. The number of ether oxygens (including phenoxy) is 1. The maximum Gasteiger partial charge on any atom is 0.255 e. The van der Waals surface area contributed by atoms with E-state index in [1.807, 2.05) is 0 Å². The van der Waals surface area contributed by atoms with Crippen LogP contribution in [0.4, 0.5) is 0 Å². The summed E-state index contributed by atoms with van der Waals surface area (Å²) in [6.45, 7) is 5.17. The van der Waals surface area contributed by atoms with Crippen molar-refractivity contribution in [3.8, 4) is 5.75 Å². The van der Waals surface area contributed by atoms with E-state index in [2.05, 4.69) is 21.2 Å². The zero-order valence-corrected chi connectivity index (χ0v) is 12.5. The van der Waals surface area contributed by atoms with Crippen molar-refractivity contribution >= 4 is 21.8 Å². The SMILES string of the molecule is COc1cc(Br)ccc1C(=O)NC(C)(C)C(C)O. The van der Waals surface area contributed by atoms with Crippen LogP contribution in [0, 0.1) is 0 Å². The van der Waals surface area contributed by atoms with Gasteiger partial charge in [-0.15, -0.1) is 0 Å². The number of rotatable bonds is 4. The van der Waals surface area contributed by atoms with Crippen molar-refractivity contribution in [2.45, 2.75) is 32.4 Å². The minimum atomic E-state index is -0.699. The van der Waals surface area contributed by atoms with E-state index in [9.17, 15) is 9.90 Å². The number of methoxy groups -OCH3 is 1. The second kappa shape index (κ2) is 5.71. The van der Waals surface area contributed by atoms with Gasteiger partial charge in [0, 0.05) is 4.47 Å². The van der Waals surface area contributed by atoms with Crippen molar-refractivity contribution < 1.29 is 14.6 Å². The van der Waals surface area contributed by atoms with E-state index in [1.54, 1.807) is 39.0 Å². The zero-order chi connectivity index (χ0) is 13.9. The first-order valence-corrected chi connectivity index (χ1v) is 6.41. The number of halogens is 1. The maximum absolute atomic E-state index is 12.1. The molecule has 0 radical (unpaired) electrons. The molecule has 0 saturated carbocycles. The van der Waals surface area contributed by atoms with Crippen LogP contribution in [0.2, 0.25) is 0 Å². The Morgan fingerprint density at radius 3 is 2.61 bits per heavy atom. The van der Waals surface area contributed by atoms with Gasteiger partial charge in [0.1, 0.15) is 5.75 Å². The smallest absolute Gasteiger partial charge is 0.255 e. The van der Waals surface area contributed by atoms with Gasteiger partial charge in [0.25, 0.3) is 5.91 Å². The van der Waals surface area contributed by atoms with E-state index in [-0.39, 0.29) is 5.91 Å². The minimum Gasteiger partial charge on any atom is -0.496 e. The number of aliphatic hydroxyl groups excluding tert-OH is 1. The number of carbonyl (C=O) groups excluding carboxylic acids is 1. The summed E-state index contributed by atoms with van der Waals surface area (Å²) in [4.78, 5) is 12.1. The quantitative estimate of drug-likeness (QED) is 0.896. The molecule has 1 unspecified atom stereocenters. The second-order valence-electron chi connectivity index (χ2n) is 4.70. The van der Waals surface area contributed by atoms with E-state index < -0.39 is 11.6 Å². The van der Waals surface area contributed by atoms with Crippen molar-refractivity contribution in [1.29, 1.82) is 0 Å². The van der Waals surface area contributed by atoms with Crippen molar-refractivity contribution in [3.63, 3.8) is 0 Å². The number of amides is 1. The molecule has 0 aromatic heterocycles. The van der Waals surface area contributed by atoms with Crippen LogP contribution < -0.4 is 10.1 Å². The molecule has 1 aromatic carbocycles. The molecule has 0 aliphatic heterocycles. The second-order valence-corrected chi connectivity index (χ2v) is 5.61. The molecule has 1 aromatic rings. The fraction of sp³-hybridized carbons (Fsp3) is 0.462. The van der Waals surface area contributed by atoms with Crippen molar-refractivity contribution in [2.24, 2.45) is 0 Å². The summed E-state index contributed by atoms with van der Waals surface area (Å²) in [5.41, 5.74) is -0.260. The standard InChI is InChI=1S/C13H18BrNO3/c1-8(16)13(2,3)15-12(17)10-6-5-9(14)7-11(10)18-4/h5-8,16H,1-4H3,(H,15,17). The van der Waals surface area contributed by atoms with Crippen molar-refractivity contribution in [3.05, 3.63) is 28.2 Å². The predicted octanol–water partition coefficient (Wildman–Crippen LogP) is 2.35. The van der Waals surface area contributed by atoms with Gasteiger partial charge in [0.05, 0.1) is 24.3 Å². The molecule has 0 spiro atoms. The average molecular weight is 316 g/mol. The number of hydrogen-bond donors (Lipinski definition) is 2. The Labute approximate surface area is 115 Å². The van der Waals surface area contributed by atoms with E-state index in [4.69, 9.17) is 4.74 Å². The molecule has 2 N–H and O–H groups in total. The fourth-order valence-electron chi connectivity index (χ4n) is 1.32. The largest absolute Gasteiger partial charge is 0.496 e. The molecule has 100 valence electrons. The molecule has 1 atom stereocenters. The highest BCUT2D eigenvalue weighted by molar-refractivity contribution is 9.10. The van der Waals surface area contributed by atoms with Gasteiger partial charge >= 0.3 is 0 Å². The van der Waals surface area contributed by atoms with Gasteiger partial charge < -0.3 is 15.2 Å². The minimum absolute atomic E-state index is 0.273. The zero-order valence-electron chi connectivity index (χ0n) is 11.0. The van der Waals surface area contributed by atoms with Gasteiger partial charge in [-0.25, -0.2) is 0 Å². The molecule has 0 fully saturated rings. The number of benzene rings is 1. The van der Waals surface area contributed by atoms with Crippen LogP contribution in [-0.2, 0) is 0 Å². The summed E-state index contributed by atoms with van der Waals surface area (Å²) < 4.78 is 6.01. The lowest BCUT2D eigenvalue weighted by Gasteiger charge is -2.29. The monoisotopic (exact) mass is 315 g/mol. The van der Waals surface area contributed by atoms with Gasteiger partial charge in [-0.2, -0.15) is 0 Å². The molecule has 0 bridgehead atoms. The number of carbonyl (C=O) groups is 1. The first-order valence-electron chi connectivity index (χ1n) is 5.62. The van der Waals surface area contributed by atoms with Gasteiger partial charge in [-0.1, -0.05) is 15.9 Å².